The molecule has 1 aromatic carbocycles. The Hall–Kier alpha value is -2.77. The van der Waals surface area contributed by atoms with Gasteiger partial charge in [0.05, 0.1) is 17.0 Å². The van der Waals surface area contributed by atoms with E-state index in [2.05, 4.69) is 9.72 Å². The summed E-state index contributed by atoms with van der Waals surface area (Å²) >= 11 is 0. The molecular formula is C12H11FN2O5. The third-order valence-corrected chi connectivity index (χ3v) is 2.65. The van der Waals surface area contributed by atoms with Gasteiger partial charge in [-0.3, -0.25) is 14.9 Å². The number of benzene rings is 1. The highest BCUT2D eigenvalue weighted by molar-refractivity contribution is 5.96. The molecule has 1 aromatic heterocycles. The minimum absolute atomic E-state index is 0. The summed E-state index contributed by atoms with van der Waals surface area (Å²) in [6, 6.07) is 2.06. The third kappa shape index (κ3) is 2.11. The van der Waals surface area contributed by atoms with Gasteiger partial charge in [-0.05, 0) is 19.1 Å². The number of carbonyl (C=O) groups excluding carboxylic acids is 1. The van der Waals surface area contributed by atoms with Gasteiger partial charge in [0, 0.05) is 7.62 Å². The van der Waals surface area contributed by atoms with E-state index in [1.165, 1.54) is 6.07 Å². The summed E-state index contributed by atoms with van der Waals surface area (Å²) in [7, 11) is 0. The smallest absolute Gasteiger partial charge is 0.343 e. The van der Waals surface area contributed by atoms with Gasteiger partial charge in [0.2, 0.25) is 11.2 Å². The SMILES string of the molecule is CCOC(=O)c1c[nH]c2ccc(F)c([N+](=O)[O-])c2c1=O.[HH]. The summed E-state index contributed by atoms with van der Waals surface area (Å²) in [5.74, 6) is -2.07. The number of nitro benzene ring substituents is 1. The Morgan fingerprint density at radius 2 is 2.25 bits per heavy atom. The first kappa shape index (κ1) is 13.7. The number of rotatable bonds is 3. The number of fused-ring (bicyclic) bond motifs is 1. The number of hydrogen-bond acceptors (Lipinski definition) is 5. The molecule has 0 radical (unpaired) electrons. The highest BCUT2D eigenvalue weighted by Gasteiger charge is 2.24. The van der Waals surface area contributed by atoms with E-state index in [0.29, 0.717) is 0 Å². The molecule has 0 atom stereocenters. The van der Waals surface area contributed by atoms with E-state index in [0.717, 1.165) is 12.3 Å². The van der Waals surface area contributed by atoms with Crippen molar-refractivity contribution in [3.63, 3.8) is 0 Å². The predicted octanol–water partition coefficient (Wildman–Crippen LogP) is 2.00. The van der Waals surface area contributed by atoms with Crippen molar-refractivity contribution in [3.05, 3.63) is 50.0 Å². The number of aromatic nitrogens is 1. The fourth-order valence-electron chi connectivity index (χ4n) is 1.80. The van der Waals surface area contributed by atoms with Crippen LogP contribution in [-0.2, 0) is 4.74 Å². The van der Waals surface area contributed by atoms with E-state index in [-0.39, 0.29) is 13.6 Å². The minimum Gasteiger partial charge on any atom is -0.462 e. The predicted molar refractivity (Wildman–Crippen MR) is 69.3 cm³/mol. The quantitative estimate of drug-likeness (QED) is 0.527. The van der Waals surface area contributed by atoms with E-state index in [1.54, 1.807) is 6.92 Å². The average Bonchev–Trinajstić information content (AvgIpc) is 2.39. The number of ether oxygens (including phenoxy) is 1. The fourth-order valence-corrected chi connectivity index (χ4v) is 1.80. The second-order valence-electron chi connectivity index (χ2n) is 3.83. The Balaban J connectivity index is 0.00000220. The Kier molecular flexibility index (Phi) is 3.47. The Labute approximate surface area is 112 Å². The van der Waals surface area contributed by atoms with Gasteiger partial charge in [0.25, 0.3) is 0 Å². The molecule has 2 rings (SSSR count). The number of pyridine rings is 1. The summed E-state index contributed by atoms with van der Waals surface area (Å²) < 4.78 is 18.2. The van der Waals surface area contributed by atoms with Gasteiger partial charge in [0.15, 0.2) is 0 Å². The minimum atomic E-state index is -1.14. The lowest BCUT2D eigenvalue weighted by Crippen LogP contribution is -2.19. The van der Waals surface area contributed by atoms with Gasteiger partial charge >= 0.3 is 11.7 Å². The lowest BCUT2D eigenvalue weighted by Gasteiger charge is -2.04. The molecule has 0 saturated carbocycles. The molecule has 0 aliphatic heterocycles. The van der Waals surface area contributed by atoms with Gasteiger partial charge in [0.1, 0.15) is 10.9 Å². The van der Waals surface area contributed by atoms with Crippen LogP contribution in [-0.4, -0.2) is 22.5 Å². The first-order chi connectivity index (χ1) is 9.47. The third-order valence-electron chi connectivity index (χ3n) is 2.65. The van der Waals surface area contributed by atoms with Crippen LogP contribution in [0.1, 0.15) is 18.7 Å². The zero-order chi connectivity index (χ0) is 14.9. The average molecular weight is 282 g/mol. The van der Waals surface area contributed by atoms with Crippen LogP contribution < -0.4 is 5.43 Å². The molecular weight excluding hydrogens is 271 g/mol. The highest BCUT2D eigenvalue weighted by Crippen LogP contribution is 2.25. The molecule has 0 fully saturated rings. The first-order valence-electron chi connectivity index (χ1n) is 5.62. The van der Waals surface area contributed by atoms with Crippen LogP contribution in [0.25, 0.3) is 10.9 Å². The molecule has 20 heavy (non-hydrogen) atoms. The number of carbonyl (C=O) groups is 1. The maximum atomic E-state index is 13.5. The molecule has 2 aromatic rings. The topological polar surface area (TPSA) is 102 Å². The zero-order valence-corrected chi connectivity index (χ0v) is 10.3. The summed E-state index contributed by atoms with van der Waals surface area (Å²) in [4.78, 5) is 36.1. The molecule has 0 aliphatic rings. The molecule has 0 saturated heterocycles. The van der Waals surface area contributed by atoms with Crippen molar-refractivity contribution in [2.45, 2.75) is 6.92 Å². The van der Waals surface area contributed by atoms with Crippen LogP contribution in [0.15, 0.2) is 23.1 Å². The van der Waals surface area contributed by atoms with Crippen LogP contribution in [0.4, 0.5) is 10.1 Å². The summed E-state index contributed by atoms with van der Waals surface area (Å²) in [6.07, 6.45) is 1.09. The van der Waals surface area contributed by atoms with Gasteiger partial charge in [-0.15, -0.1) is 0 Å². The number of halogens is 1. The summed E-state index contributed by atoms with van der Waals surface area (Å²) in [6.45, 7) is 1.59. The van der Waals surface area contributed by atoms with Crippen molar-refractivity contribution in [1.29, 1.82) is 0 Å². The summed E-state index contributed by atoms with van der Waals surface area (Å²) in [5, 5.41) is 10.4. The second-order valence-corrected chi connectivity index (χ2v) is 3.83. The van der Waals surface area contributed by atoms with Crippen molar-refractivity contribution in [2.24, 2.45) is 0 Å². The summed E-state index contributed by atoms with van der Waals surface area (Å²) in [5.41, 5.74) is -2.25. The number of nitrogens with zero attached hydrogens (tertiary/aromatic N) is 1. The Bertz CT molecular complexity index is 774. The lowest BCUT2D eigenvalue weighted by atomic mass is 10.1. The first-order valence-corrected chi connectivity index (χ1v) is 5.62. The van der Waals surface area contributed by atoms with Gasteiger partial charge < -0.3 is 9.72 Å². The molecule has 106 valence electrons. The van der Waals surface area contributed by atoms with Crippen molar-refractivity contribution in [1.82, 2.24) is 4.98 Å². The number of esters is 1. The van der Waals surface area contributed by atoms with Crippen LogP contribution >= 0.6 is 0 Å². The molecule has 0 aliphatic carbocycles. The van der Waals surface area contributed by atoms with Crippen LogP contribution in [0.3, 0.4) is 0 Å². The number of nitrogens with one attached hydrogen (secondary N) is 1. The standard InChI is InChI=1S/C12H9FN2O5.H2/c1-2-20-12(17)6-5-14-8-4-3-7(13)10(15(18)19)9(8)11(6)16;/h3-5H,2H2,1H3,(H,14,16);1H. The molecule has 0 amide bonds. The van der Waals surface area contributed by atoms with Crippen molar-refractivity contribution < 1.29 is 20.3 Å². The van der Waals surface area contributed by atoms with E-state index in [4.69, 9.17) is 0 Å². The maximum absolute atomic E-state index is 13.5. The molecule has 0 bridgehead atoms. The van der Waals surface area contributed by atoms with Crippen molar-refractivity contribution in [2.75, 3.05) is 6.61 Å². The van der Waals surface area contributed by atoms with Crippen LogP contribution in [0.2, 0.25) is 0 Å². The number of hydrogen-bond donors (Lipinski definition) is 1. The normalized spacial score (nSPS) is 10.5. The van der Waals surface area contributed by atoms with Crippen molar-refractivity contribution >= 4 is 22.6 Å². The molecule has 1 heterocycles. The molecule has 7 nitrogen and oxygen atoms in total. The molecule has 1 N–H and O–H groups in total. The van der Waals surface area contributed by atoms with Crippen LogP contribution in [0, 0.1) is 15.9 Å². The maximum Gasteiger partial charge on any atom is 0.343 e. The number of H-pyrrole nitrogens is 1. The largest absolute Gasteiger partial charge is 0.462 e. The number of nitro groups is 1. The van der Waals surface area contributed by atoms with Gasteiger partial charge in [-0.2, -0.15) is 4.39 Å². The molecule has 8 heteroatoms. The monoisotopic (exact) mass is 282 g/mol. The van der Waals surface area contributed by atoms with Crippen molar-refractivity contribution in [3.8, 4) is 0 Å². The highest BCUT2D eigenvalue weighted by atomic mass is 19.1. The van der Waals surface area contributed by atoms with E-state index in [1.807, 2.05) is 0 Å². The fraction of sp³-hybridized carbons (Fsp3) is 0.167. The Morgan fingerprint density at radius 3 is 2.85 bits per heavy atom. The van der Waals surface area contributed by atoms with Gasteiger partial charge in [-0.1, -0.05) is 0 Å². The molecule has 0 unspecified atom stereocenters. The zero-order valence-electron chi connectivity index (χ0n) is 10.3. The van der Waals surface area contributed by atoms with E-state index < -0.39 is 38.8 Å². The van der Waals surface area contributed by atoms with Crippen LogP contribution in [0.5, 0.6) is 0 Å². The number of aromatic amines is 1. The van der Waals surface area contributed by atoms with Gasteiger partial charge in [-0.25, -0.2) is 4.79 Å². The molecule has 0 spiro atoms. The second kappa shape index (κ2) is 5.08. The lowest BCUT2D eigenvalue weighted by molar-refractivity contribution is -0.385. The van der Waals surface area contributed by atoms with E-state index >= 15 is 0 Å². The van der Waals surface area contributed by atoms with E-state index in [9.17, 15) is 24.1 Å². The Morgan fingerprint density at radius 1 is 1.55 bits per heavy atom.